The first-order valence-electron chi connectivity index (χ1n) is 11.2. The molecule has 4 rings (SSSR count). The number of methoxy groups -OCH3 is 2. The predicted octanol–water partition coefficient (Wildman–Crippen LogP) is 6.99. The fourth-order valence-electron chi connectivity index (χ4n) is 3.43. The molecule has 8 heteroatoms. The van der Waals surface area contributed by atoms with Crippen LogP contribution in [0.3, 0.4) is 0 Å². The Morgan fingerprint density at radius 2 is 0.694 bits per heavy atom. The summed E-state index contributed by atoms with van der Waals surface area (Å²) in [6.07, 6.45) is 0. The van der Waals surface area contributed by atoms with Crippen LogP contribution < -0.4 is 30.7 Å². The van der Waals surface area contributed by atoms with Crippen molar-refractivity contribution in [1.29, 1.82) is 0 Å². The van der Waals surface area contributed by atoms with Gasteiger partial charge < -0.3 is 30.7 Å². The van der Waals surface area contributed by atoms with Crippen LogP contribution in [0.2, 0.25) is 0 Å². The molecule has 4 aromatic rings. The van der Waals surface area contributed by atoms with Crippen molar-refractivity contribution in [2.24, 2.45) is 0 Å². The van der Waals surface area contributed by atoms with E-state index < -0.39 is 0 Å². The topological polar surface area (TPSA) is 66.6 Å². The maximum absolute atomic E-state index is 5.42. The fraction of sp³-hybridized carbons (Fsp3) is 0.0714. The van der Waals surface area contributed by atoms with E-state index in [1.54, 1.807) is 14.2 Å². The molecule has 0 fully saturated rings. The van der Waals surface area contributed by atoms with Crippen LogP contribution in [0.5, 0.6) is 11.5 Å². The molecule has 0 aliphatic heterocycles. The smallest absolute Gasteiger partial charge is 0.175 e. The Morgan fingerprint density at radius 1 is 0.444 bits per heavy atom. The van der Waals surface area contributed by atoms with Gasteiger partial charge in [0.2, 0.25) is 0 Å². The highest BCUT2D eigenvalue weighted by molar-refractivity contribution is 7.81. The molecule has 0 amide bonds. The molecule has 0 aliphatic rings. The quantitative estimate of drug-likeness (QED) is 0.197. The molecule has 0 aliphatic carbocycles. The normalized spacial score (nSPS) is 10.2. The summed E-state index contributed by atoms with van der Waals surface area (Å²) in [7, 11) is 3.28. The molecule has 182 valence electrons. The molecule has 4 N–H and O–H groups in total. The maximum atomic E-state index is 5.42. The lowest BCUT2D eigenvalue weighted by Gasteiger charge is -2.12. The molecule has 0 heterocycles. The monoisotopic (exact) mass is 514 g/mol. The third kappa shape index (κ3) is 6.94. The van der Waals surface area contributed by atoms with Crippen molar-refractivity contribution in [2.45, 2.75) is 0 Å². The molecule has 0 saturated heterocycles. The number of nitrogens with one attached hydrogen (secondary N) is 4. The highest BCUT2D eigenvalue weighted by Gasteiger charge is 2.04. The van der Waals surface area contributed by atoms with Crippen LogP contribution in [-0.4, -0.2) is 24.4 Å². The second-order valence-electron chi connectivity index (χ2n) is 7.77. The van der Waals surface area contributed by atoms with E-state index in [9.17, 15) is 0 Å². The van der Waals surface area contributed by atoms with Gasteiger partial charge in [0.05, 0.1) is 14.2 Å². The highest BCUT2D eigenvalue weighted by atomic mass is 32.1. The minimum Gasteiger partial charge on any atom is -0.497 e. The van der Waals surface area contributed by atoms with Crippen LogP contribution in [0.4, 0.5) is 22.7 Å². The number of hydrogen-bond donors (Lipinski definition) is 4. The van der Waals surface area contributed by atoms with E-state index in [0.717, 1.165) is 45.4 Å². The molecule has 0 saturated carbocycles. The van der Waals surface area contributed by atoms with Gasteiger partial charge in [0, 0.05) is 22.7 Å². The molecule has 0 unspecified atom stereocenters. The van der Waals surface area contributed by atoms with Crippen LogP contribution >= 0.6 is 24.4 Å². The molecular weight excluding hydrogens is 488 g/mol. The number of benzene rings is 4. The Morgan fingerprint density at radius 3 is 0.944 bits per heavy atom. The van der Waals surface area contributed by atoms with Gasteiger partial charge in [-0.2, -0.15) is 0 Å². The van der Waals surface area contributed by atoms with Gasteiger partial charge in [0.1, 0.15) is 11.5 Å². The zero-order valence-electron chi connectivity index (χ0n) is 19.9. The van der Waals surface area contributed by atoms with Crippen molar-refractivity contribution in [3.05, 3.63) is 97.1 Å². The van der Waals surface area contributed by atoms with Gasteiger partial charge in [0.15, 0.2) is 10.2 Å². The Balaban J connectivity index is 1.30. The minimum absolute atomic E-state index is 0.516. The number of ether oxygens (including phenoxy) is 2. The Labute approximate surface area is 221 Å². The van der Waals surface area contributed by atoms with Crippen molar-refractivity contribution in [3.8, 4) is 22.6 Å². The summed E-state index contributed by atoms with van der Waals surface area (Å²) in [5, 5.41) is 13.8. The lowest BCUT2D eigenvalue weighted by molar-refractivity contribution is 0.415. The maximum Gasteiger partial charge on any atom is 0.175 e. The van der Waals surface area contributed by atoms with E-state index in [1.807, 2.05) is 72.8 Å². The second-order valence-corrected chi connectivity index (χ2v) is 8.59. The minimum atomic E-state index is 0.516. The van der Waals surface area contributed by atoms with Crippen LogP contribution in [0, 0.1) is 0 Å². The van der Waals surface area contributed by atoms with Gasteiger partial charge in [0.25, 0.3) is 0 Å². The van der Waals surface area contributed by atoms with Crippen LogP contribution in [-0.2, 0) is 0 Å². The largest absolute Gasteiger partial charge is 0.497 e. The van der Waals surface area contributed by atoms with Crippen LogP contribution in [0.1, 0.15) is 0 Å². The van der Waals surface area contributed by atoms with Crippen molar-refractivity contribution >= 4 is 57.4 Å². The zero-order valence-corrected chi connectivity index (χ0v) is 21.5. The molecule has 0 radical (unpaired) electrons. The summed E-state index contributed by atoms with van der Waals surface area (Å²) >= 11 is 10.8. The van der Waals surface area contributed by atoms with Gasteiger partial charge in [-0.15, -0.1) is 0 Å². The van der Waals surface area contributed by atoms with E-state index in [1.165, 1.54) is 0 Å². The van der Waals surface area contributed by atoms with Crippen molar-refractivity contribution in [1.82, 2.24) is 0 Å². The van der Waals surface area contributed by atoms with Crippen LogP contribution in [0.25, 0.3) is 11.1 Å². The Kier molecular flexibility index (Phi) is 8.33. The number of hydrogen-bond acceptors (Lipinski definition) is 4. The van der Waals surface area contributed by atoms with Gasteiger partial charge in [-0.25, -0.2) is 0 Å². The summed E-state index contributed by atoms with van der Waals surface area (Å²) in [6, 6.07) is 31.4. The highest BCUT2D eigenvalue weighted by Crippen LogP contribution is 2.24. The third-order valence-corrected chi connectivity index (χ3v) is 5.72. The SMILES string of the molecule is COc1ccc(NC(=S)Nc2ccc(-c3ccc(NC(=S)Nc4ccc(OC)cc4)cc3)cc2)cc1. The number of thiocarbonyl (C=S) groups is 2. The van der Waals surface area contributed by atoms with Gasteiger partial charge in [-0.1, -0.05) is 24.3 Å². The van der Waals surface area contributed by atoms with E-state index in [4.69, 9.17) is 33.9 Å². The summed E-state index contributed by atoms with van der Waals surface area (Å²) in [6.45, 7) is 0. The number of anilines is 4. The first-order chi connectivity index (χ1) is 17.5. The molecule has 4 aromatic carbocycles. The molecular formula is C28H26N4O2S2. The van der Waals surface area contributed by atoms with E-state index >= 15 is 0 Å². The lowest BCUT2D eigenvalue weighted by atomic mass is 10.1. The summed E-state index contributed by atoms with van der Waals surface area (Å²) in [5.41, 5.74) is 5.77. The molecule has 36 heavy (non-hydrogen) atoms. The van der Waals surface area contributed by atoms with E-state index in [-0.39, 0.29) is 0 Å². The van der Waals surface area contributed by atoms with Gasteiger partial charge >= 0.3 is 0 Å². The number of rotatable bonds is 7. The van der Waals surface area contributed by atoms with Crippen LogP contribution in [0.15, 0.2) is 97.1 Å². The van der Waals surface area contributed by atoms with Gasteiger partial charge in [-0.3, -0.25) is 0 Å². The average Bonchev–Trinajstić information content (AvgIpc) is 2.90. The third-order valence-electron chi connectivity index (χ3n) is 5.31. The van der Waals surface area contributed by atoms with Crippen molar-refractivity contribution in [3.63, 3.8) is 0 Å². The molecule has 0 atom stereocenters. The van der Waals surface area contributed by atoms with Crippen molar-refractivity contribution in [2.75, 3.05) is 35.5 Å². The molecule has 0 aromatic heterocycles. The average molecular weight is 515 g/mol. The Hall–Kier alpha value is -4.14. The summed E-state index contributed by atoms with van der Waals surface area (Å²) in [4.78, 5) is 0. The standard InChI is InChI=1S/C28H26N4O2S2/c1-33-25-15-11-23(12-16-25)31-27(35)29-21-7-3-19(4-8-21)20-5-9-22(10-6-20)30-28(36)32-24-13-17-26(34-2)18-14-24/h3-18H,1-2H3,(H2,29,31,35)(H2,30,32,36). The fourth-order valence-corrected chi connectivity index (χ4v) is 3.90. The van der Waals surface area contributed by atoms with E-state index in [2.05, 4.69) is 45.5 Å². The summed E-state index contributed by atoms with van der Waals surface area (Å²) < 4.78 is 10.4. The molecule has 0 spiro atoms. The zero-order chi connectivity index (χ0) is 25.3. The molecule has 0 bridgehead atoms. The molecule has 6 nitrogen and oxygen atoms in total. The van der Waals surface area contributed by atoms with Crippen molar-refractivity contribution < 1.29 is 9.47 Å². The van der Waals surface area contributed by atoms with E-state index in [0.29, 0.717) is 10.2 Å². The van der Waals surface area contributed by atoms with Gasteiger partial charge in [-0.05, 0) is 108 Å². The predicted molar refractivity (Wildman–Crippen MR) is 158 cm³/mol. The Bertz CT molecular complexity index is 1200. The summed E-state index contributed by atoms with van der Waals surface area (Å²) in [5.74, 6) is 1.60. The lowest BCUT2D eigenvalue weighted by Crippen LogP contribution is -2.19. The first-order valence-corrected chi connectivity index (χ1v) is 12.0. The first kappa shape index (κ1) is 25.0. The second kappa shape index (κ2) is 12.0.